The van der Waals surface area contributed by atoms with Crippen LogP contribution in [0, 0.1) is 0 Å². The van der Waals surface area contributed by atoms with E-state index in [9.17, 15) is 8.42 Å². The maximum absolute atomic E-state index is 11.5. The molecular weight excluding hydrogens is 264 g/mol. The van der Waals surface area contributed by atoms with Crippen LogP contribution in [0.1, 0.15) is 39.8 Å². The lowest BCUT2D eigenvalue weighted by atomic mass is 10.0. The summed E-state index contributed by atoms with van der Waals surface area (Å²) < 4.78 is 24.9. The van der Waals surface area contributed by atoms with Crippen LogP contribution in [0.4, 0.5) is 0 Å². The lowest BCUT2D eigenvalue weighted by Crippen LogP contribution is -2.42. The monoisotopic (exact) mass is 286 g/mol. The molecule has 1 N–H and O–H groups in total. The molecule has 0 radical (unpaired) electrons. The van der Waals surface area contributed by atoms with E-state index in [2.05, 4.69) is 36.4 Å². The average molecular weight is 286 g/mol. The molecule has 1 aliphatic heterocycles. The highest BCUT2D eigenvalue weighted by atomic mass is 32.2. The zero-order valence-corrected chi connectivity index (χ0v) is 12.8. The zero-order chi connectivity index (χ0) is 14.3. The second-order valence-electron chi connectivity index (χ2n) is 6.58. The van der Waals surface area contributed by atoms with Gasteiger partial charge in [-0.05, 0) is 34.1 Å². The van der Waals surface area contributed by atoms with Gasteiger partial charge in [-0.2, -0.15) is 0 Å². The zero-order valence-electron chi connectivity index (χ0n) is 12.0. The molecule has 1 fully saturated rings. The molecule has 6 nitrogen and oxygen atoms in total. The summed E-state index contributed by atoms with van der Waals surface area (Å²) in [7, 11) is -2.88. The summed E-state index contributed by atoms with van der Waals surface area (Å²) >= 11 is 0. The molecule has 0 spiro atoms. The number of hydrogen-bond donors (Lipinski definition) is 1. The van der Waals surface area contributed by atoms with Gasteiger partial charge in [0.1, 0.15) is 0 Å². The molecule has 7 heteroatoms. The van der Waals surface area contributed by atoms with Gasteiger partial charge < -0.3 is 5.32 Å². The summed E-state index contributed by atoms with van der Waals surface area (Å²) in [5, 5.41) is 11.5. The lowest BCUT2D eigenvalue weighted by molar-refractivity contribution is 0.346. The molecule has 0 bridgehead atoms. The average Bonchev–Trinajstić information content (AvgIpc) is 2.80. The predicted molar refractivity (Wildman–Crippen MR) is 73.5 cm³/mol. The molecule has 2 rings (SSSR count). The first-order valence-corrected chi connectivity index (χ1v) is 8.29. The molecule has 1 atom stereocenters. The van der Waals surface area contributed by atoms with Crippen LogP contribution in [0.2, 0.25) is 0 Å². The second-order valence-corrected chi connectivity index (χ2v) is 8.77. The van der Waals surface area contributed by atoms with E-state index >= 15 is 0 Å². The maximum Gasteiger partial charge on any atom is 0.152 e. The fourth-order valence-corrected chi connectivity index (χ4v) is 4.28. The number of aromatic nitrogens is 3. The molecule has 19 heavy (non-hydrogen) atoms. The van der Waals surface area contributed by atoms with Crippen molar-refractivity contribution in [3.8, 4) is 0 Å². The SMILES string of the molecule is CC1(NCc2cn(C(C)(C)C)nn2)CCS(=O)(=O)C1. The number of sulfone groups is 1. The van der Waals surface area contributed by atoms with Gasteiger partial charge in [-0.3, -0.25) is 0 Å². The van der Waals surface area contributed by atoms with E-state index in [-0.39, 0.29) is 22.6 Å². The highest BCUT2D eigenvalue weighted by Gasteiger charge is 2.37. The number of hydrogen-bond acceptors (Lipinski definition) is 5. The van der Waals surface area contributed by atoms with E-state index in [1.54, 1.807) is 0 Å². The van der Waals surface area contributed by atoms with Crippen LogP contribution in [-0.4, -0.2) is 40.5 Å². The van der Waals surface area contributed by atoms with Crippen LogP contribution in [0.15, 0.2) is 6.20 Å². The Morgan fingerprint density at radius 3 is 2.63 bits per heavy atom. The van der Waals surface area contributed by atoms with Gasteiger partial charge >= 0.3 is 0 Å². The topological polar surface area (TPSA) is 76.9 Å². The molecular formula is C12H22N4O2S. The third kappa shape index (κ3) is 3.54. The molecule has 1 aliphatic rings. The van der Waals surface area contributed by atoms with Crippen molar-refractivity contribution in [1.82, 2.24) is 20.3 Å². The summed E-state index contributed by atoms with van der Waals surface area (Å²) in [6.07, 6.45) is 2.56. The van der Waals surface area contributed by atoms with Crippen molar-refractivity contribution >= 4 is 9.84 Å². The summed E-state index contributed by atoms with van der Waals surface area (Å²) in [6.45, 7) is 8.67. The molecule has 0 aromatic carbocycles. The van der Waals surface area contributed by atoms with Gasteiger partial charge in [0.05, 0.1) is 28.9 Å². The predicted octanol–water partition coefficient (Wildman–Crippen LogP) is 0.700. The van der Waals surface area contributed by atoms with E-state index < -0.39 is 9.84 Å². The Balaban J connectivity index is 1.98. The first kappa shape index (κ1) is 14.5. The normalized spacial score (nSPS) is 26.7. The Morgan fingerprint density at radius 1 is 1.47 bits per heavy atom. The van der Waals surface area contributed by atoms with Crippen molar-refractivity contribution in [3.63, 3.8) is 0 Å². The minimum Gasteiger partial charge on any atom is -0.305 e. The largest absolute Gasteiger partial charge is 0.305 e. The summed E-state index contributed by atoms with van der Waals surface area (Å²) in [4.78, 5) is 0. The van der Waals surface area contributed by atoms with Crippen LogP contribution in [0.25, 0.3) is 0 Å². The van der Waals surface area contributed by atoms with Crippen LogP contribution in [-0.2, 0) is 21.9 Å². The van der Waals surface area contributed by atoms with Crippen molar-refractivity contribution in [2.45, 2.75) is 51.7 Å². The first-order chi connectivity index (χ1) is 8.60. The van der Waals surface area contributed by atoms with Gasteiger partial charge in [0.2, 0.25) is 0 Å². The smallest absolute Gasteiger partial charge is 0.152 e. The van der Waals surface area contributed by atoms with Crippen molar-refractivity contribution in [3.05, 3.63) is 11.9 Å². The minimum atomic E-state index is -2.88. The fourth-order valence-electron chi connectivity index (χ4n) is 2.16. The van der Waals surface area contributed by atoms with Gasteiger partial charge in [0.15, 0.2) is 9.84 Å². The van der Waals surface area contributed by atoms with E-state index in [1.165, 1.54) is 0 Å². The van der Waals surface area contributed by atoms with Crippen molar-refractivity contribution in [2.24, 2.45) is 0 Å². The molecule has 0 saturated carbocycles. The van der Waals surface area contributed by atoms with E-state index in [1.807, 2.05) is 17.8 Å². The van der Waals surface area contributed by atoms with Crippen LogP contribution >= 0.6 is 0 Å². The molecule has 0 aliphatic carbocycles. The van der Waals surface area contributed by atoms with Crippen molar-refractivity contribution in [1.29, 1.82) is 0 Å². The fraction of sp³-hybridized carbons (Fsp3) is 0.833. The van der Waals surface area contributed by atoms with Crippen LogP contribution < -0.4 is 5.32 Å². The van der Waals surface area contributed by atoms with E-state index in [0.717, 1.165) is 5.69 Å². The molecule has 108 valence electrons. The number of rotatable bonds is 3. The molecule has 0 amide bonds. The third-order valence-electron chi connectivity index (χ3n) is 3.43. The highest BCUT2D eigenvalue weighted by Crippen LogP contribution is 2.23. The first-order valence-electron chi connectivity index (χ1n) is 6.47. The quantitative estimate of drug-likeness (QED) is 0.885. The van der Waals surface area contributed by atoms with Crippen molar-refractivity contribution in [2.75, 3.05) is 11.5 Å². The summed E-state index contributed by atoms with van der Waals surface area (Å²) in [6, 6.07) is 0. The van der Waals surface area contributed by atoms with Gasteiger partial charge in [-0.1, -0.05) is 5.21 Å². The third-order valence-corrected chi connectivity index (χ3v) is 5.33. The standard InChI is InChI=1S/C12H22N4O2S/c1-11(2,3)16-8-10(14-15-16)7-13-12(4)5-6-19(17,18)9-12/h8,13H,5-7,9H2,1-4H3. The van der Waals surface area contributed by atoms with Gasteiger partial charge in [0, 0.05) is 12.1 Å². The minimum absolute atomic E-state index is 0.0914. The van der Waals surface area contributed by atoms with Crippen molar-refractivity contribution < 1.29 is 8.42 Å². The Bertz CT molecular complexity index is 559. The second kappa shape index (κ2) is 4.56. The Labute approximate surface area is 114 Å². The van der Waals surface area contributed by atoms with Gasteiger partial charge in [-0.25, -0.2) is 13.1 Å². The Morgan fingerprint density at radius 2 is 2.16 bits per heavy atom. The molecule has 2 heterocycles. The van der Waals surface area contributed by atoms with Crippen LogP contribution in [0.3, 0.4) is 0 Å². The summed E-state index contributed by atoms with van der Waals surface area (Å²) in [5.74, 6) is 0.471. The molecule has 1 aromatic heterocycles. The Hall–Kier alpha value is -0.950. The molecule has 1 aromatic rings. The van der Waals surface area contributed by atoms with Gasteiger partial charge in [-0.15, -0.1) is 5.10 Å². The lowest BCUT2D eigenvalue weighted by Gasteiger charge is -2.23. The number of nitrogens with one attached hydrogen (secondary N) is 1. The molecule has 1 unspecified atom stereocenters. The Kier molecular flexibility index (Phi) is 3.47. The number of nitrogens with zero attached hydrogens (tertiary/aromatic N) is 3. The van der Waals surface area contributed by atoms with E-state index in [4.69, 9.17) is 0 Å². The van der Waals surface area contributed by atoms with Crippen LogP contribution in [0.5, 0.6) is 0 Å². The highest BCUT2D eigenvalue weighted by molar-refractivity contribution is 7.91. The maximum atomic E-state index is 11.5. The van der Waals surface area contributed by atoms with E-state index in [0.29, 0.717) is 13.0 Å². The molecule has 1 saturated heterocycles. The van der Waals surface area contributed by atoms with Gasteiger partial charge in [0.25, 0.3) is 0 Å². The summed E-state index contributed by atoms with van der Waals surface area (Å²) in [5.41, 5.74) is 0.399.